The van der Waals surface area contributed by atoms with Crippen molar-refractivity contribution in [2.45, 2.75) is 36.8 Å². The van der Waals surface area contributed by atoms with Crippen LogP contribution in [0.25, 0.3) is 0 Å². The standard InChI is InChI=1S/C17H20N4OS/c1-20-16(13-6-4-7-13)18-19-17(20)23-11-15(22)21-10-9-12-5-2-3-8-14(12)21/h2-3,5,8,13H,4,6-7,9-11H2,1H3. The number of nitrogens with zero attached hydrogens (tertiary/aromatic N) is 4. The Morgan fingerprint density at radius 2 is 2.13 bits per heavy atom. The lowest BCUT2D eigenvalue weighted by Crippen LogP contribution is -2.30. The number of hydrogen-bond acceptors (Lipinski definition) is 4. The normalized spacial score (nSPS) is 17.2. The van der Waals surface area contributed by atoms with Gasteiger partial charge in [-0.25, -0.2) is 0 Å². The Hall–Kier alpha value is -1.82. The van der Waals surface area contributed by atoms with Crippen LogP contribution in [0.1, 0.15) is 36.6 Å². The lowest BCUT2D eigenvalue weighted by molar-refractivity contribution is -0.116. The van der Waals surface area contributed by atoms with Crippen molar-refractivity contribution in [3.63, 3.8) is 0 Å². The van der Waals surface area contributed by atoms with Gasteiger partial charge >= 0.3 is 0 Å². The maximum absolute atomic E-state index is 12.5. The second-order valence-electron chi connectivity index (χ2n) is 6.24. The van der Waals surface area contributed by atoms with Crippen molar-refractivity contribution < 1.29 is 4.79 Å². The van der Waals surface area contributed by atoms with Gasteiger partial charge in [-0.2, -0.15) is 0 Å². The first-order valence-corrected chi connectivity index (χ1v) is 9.13. The van der Waals surface area contributed by atoms with E-state index in [2.05, 4.69) is 20.8 Å². The molecule has 2 aliphatic rings. The smallest absolute Gasteiger partial charge is 0.237 e. The van der Waals surface area contributed by atoms with Gasteiger partial charge in [-0.05, 0) is 30.9 Å². The maximum Gasteiger partial charge on any atom is 0.237 e. The summed E-state index contributed by atoms with van der Waals surface area (Å²) in [5.41, 5.74) is 2.32. The van der Waals surface area contributed by atoms with Crippen molar-refractivity contribution in [2.24, 2.45) is 7.05 Å². The zero-order valence-electron chi connectivity index (χ0n) is 13.2. The minimum Gasteiger partial charge on any atom is -0.311 e. The quantitative estimate of drug-likeness (QED) is 0.810. The predicted octanol–water partition coefficient (Wildman–Crippen LogP) is 2.76. The molecule has 0 bridgehead atoms. The average Bonchev–Trinajstić information content (AvgIpc) is 3.09. The summed E-state index contributed by atoms with van der Waals surface area (Å²) in [4.78, 5) is 14.4. The van der Waals surface area contributed by atoms with Crippen LogP contribution in [0.4, 0.5) is 5.69 Å². The van der Waals surface area contributed by atoms with Gasteiger partial charge in [-0.1, -0.05) is 36.4 Å². The van der Waals surface area contributed by atoms with Crippen LogP contribution in [-0.4, -0.2) is 33.0 Å². The Balaban J connectivity index is 1.42. The lowest BCUT2D eigenvalue weighted by atomic mass is 9.85. The van der Waals surface area contributed by atoms with Crippen molar-refractivity contribution in [2.75, 3.05) is 17.2 Å². The van der Waals surface area contributed by atoms with E-state index in [1.54, 1.807) is 0 Å². The van der Waals surface area contributed by atoms with E-state index in [9.17, 15) is 4.79 Å². The largest absolute Gasteiger partial charge is 0.311 e. The SMILES string of the molecule is Cn1c(SCC(=O)N2CCc3ccccc32)nnc1C1CCC1. The first kappa shape index (κ1) is 14.8. The molecule has 2 aromatic rings. The molecule has 2 heterocycles. The van der Waals surface area contributed by atoms with E-state index in [4.69, 9.17) is 0 Å². The summed E-state index contributed by atoms with van der Waals surface area (Å²) < 4.78 is 2.06. The Morgan fingerprint density at radius 3 is 2.91 bits per heavy atom. The molecular formula is C17H20N4OS. The molecule has 0 saturated heterocycles. The molecule has 0 N–H and O–H groups in total. The summed E-state index contributed by atoms with van der Waals surface area (Å²) in [6.45, 7) is 0.783. The third-order valence-electron chi connectivity index (χ3n) is 4.85. The molecule has 1 aromatic heterocycles. The second-order valence-corrected chi connectivity index (χ2v) is 7.18. The fourth-order valence-corrected chi connectivity index (χ4v) is 4.07. The molecule has 1 aliphatic heterocycles. The zero-order chi connectivity index (χ0) is 15.8. The predicted molar refractivity (Wildman–Crippen MR) is 90.8 cm³/mol. The minimum atomic E-state index is 0.146. The number of amides is 1. The second kappa shape index (κ2) is 6.00. The lowest BCUT2D eigenvalue weighted by Gasteiger charge is -2.24. The number of thioether (sulfide) groups is 1. The maximum atomic E-state index is 12.5. The van der Waals surface area contributed by atoms with E-state index in [1.807, 2.05) is 30.1 Å². The van der Waals surface area contributed by atoms with Gasteiger partial charge in [-0.15, -0.1) is 10.2 Å². The number of fused-ring (bicyclic) bond motifs is 1. The van der Waals surface area contributed by atoms with Crippen LogP contribution in [0.3, 0.4) is 0 Å². The molecule has 0 atom stereocenters. The molecular weight excluding hydrogens is 308 g/mol. The summed E-state index contributed by atoms with van der Waals surface area (Å²) in [5, 5.41) is 9.42. The van der Waals surface area contributed by atoms with Crippen LogP contribution in [0.2, 0.25) is 0 Å². The summed E-state index contributed by atoms with van der Waals surface area (Å²) in [7, 11) is 2.01. The first-order valence-electron chi connectivity index (χ1n) is 8.14. The number of aromatic nitrogens is 3. The molecule has 1 saturated carbocycles. The summed E-state index contributed by atoms with van der Waals surface area (Å²) in [6, 6.07) is 8.15. The van der Waals surface area contributed by atoms with Crippen LogP contribution in [0.15, 0.2) is 29.4 Å². The molecule has 1 aliphatic carbocycles. The number of anilines is 1. The number of benzene rings is 1. The highest BCUT2D eigenvalue weighted by Crippen LogP contribution is 2.36. The van der Waals surface area contributed by atoms with E-state index in [1.165, 1.54) is 36.6 Å². The topological polar surface area (TPSA) is 51.0 Å². The van der Waals surface area contributed by atoms with Crippen molar-refractivity contribution in [3.8, 4) is 0 Å². The Labute approximate surface area is 140 Å². The van der Waals surface area contributed by atoms with Gasteiger partial charge in [0, 0.05) is 25.2 Å². The summed E-state index contributed by atoms with van der Waals surface area (Å²) >= 11 is 1.49. The molecule has 5 nitrogen and oxygen atoms in total. The third kappa shape index (κ3) is 2.65. The van der Waals surface area contributed by atoms with E-state index < -0.39 is 0 Å². The monoisotopic (exact) mass is 328 g/mol. The van der Waals surface area contributed by atoms with E-state index in [0.717, 1.165) is 29.6 Å². The van der Waals surface area contributed by atoms with Gasteiger partial charge in [-0.3, -0.25) is 4.79 Å². The first-order chi connectivity index (χ1) is 11.2. The summed E-state index contributed by atoms with van der Waals surface area (Å²) in [5.74, 6) is 2.18. The van der Waals surface area contributed by atoms with Crippen molar-refractivity contribution in [3.05, 3.63) is 35.7 Å². The number of rotatable bonds is 4. The summed E-state index contributed by atoms with van der Waals surface area (Å²) in [6.07, 6.45) is 4.65. The fourth-order valence-electron chi connectivity index (χ4n) is 3.28. The number of para-hydroxylation sites is 1. The van der Waals surface area contributed by atoms with Crippen LogP contribution >= 0.6 is 11.8 Å². The zero-order valence-corrected chi connectivity index (χ0v) is 14.1. The van der Waals surface area contributed by atoms with Gasteiger partial charge in [0.1, 0.15) is 5.82 Å². The molecule has 0 unspecified atom stereocenters. The van der Waals surface area contributed by atoms with Crippen molar-refractivity contribution in [1.82, 2.24) is 14.8 Å². The van der Waals surface area contributed by atoms with E-state index >= 15 is 0 Å². The molecule has 23 heavy (non-hydrogen) atoms. The Morgan fingerprint density at radius 1 is 1.30 bits per heavy atom. The fraction of sp³-hybridized carbons (Fsp3) is 0.471. The Kier molecular flexibility index (Phi) is 3.85. The highest BCUT2D eigenvalue weighted by molar-refractivity contribution is 7.99. The highest BCUT2D eigenvalue weighted by atomic mass is 32.2. The number of carbonyl (C=O) groups excluding carboxylic acids is 1. The molecule has 6 heteroatoms. The number of carbonyl (C=O) groups is 1. The van der Waals surface area contributed by atoms with Crippen LogP contribution < -0.4 is 4.90 Å². The average molecular weight is 328 g/mol. The Bertz CT molecular complexity index is 738. The highest BCUT2D eigenvalue weighted by Gasteiger charge is 2.27. The van der Waals surface area contributed by atoms with Crippen molar-refractivity contribution in [1.29, 1.82) is 0 Å². The van der Waals surface area contributed by atoms with Gasteiger partial charge in [0.2, 0.25) is 5.91 Å². The molecule has 1 amide bonds. The molecule has 4 rings (SSSR count). The van der Waals surface area contributed by atoms with Crippen LogP contribution in [-0.2, 0) is 18.3 Å². The van der Waals surface area contributed by atoms with Crippen molar-refractivity contribution >= 4 is 23.4 Å². The molecule has 0 spiro atoms. The minimum absolute atomic E-state index is 0.146. The van der Waals surface area contributed by atoms with Gasteiger partial charge in [0.05, 0.1) is 5.75 Å². The van der Waals surface area contributed by atoms with Crippen LogP contribution in [0, 0.1) is 0 Å². The van der Waals surface area contributed by atoms with E-state index in [0.29, 0.717) is 11.7 Å². The molecule has 1 aromatic carbocycles. The van der Waals surface area contributed by atoms with Gasteiger partial charge in [0.25, 0.3) is 0 Å². The third-order valence-corrected chi connectivity index (χ3v) is 5.86. The molecule has 1 fully saturated rings. The van der Waals surface area contributed by atoms with Crippen LogP contribution in [0.5, 0.6) is 0 Å². The molecule has 0 radical (unpaired) electrons. The number of hydrogen-bond donors (Lipinski definition) is 0. The van der Waals surface area contributed by atoms with E-state index in [-0.39, 0.29) is 5.91 Å². The van der Waals surface area contributed by atoms with Gasteiger partial charge in [0.15, 0.2) is 5.16 Å². The molecule has 120 valence electrons. The van der Waals surface area contributed by atoms with Gasteiger partial charge < -0.3 is 9.47 Å².